The van der Waals surface area contributed by atoms with Gasteiger partial charge in [0, 0.05) is 29.2 Å². The van der Waals surface area contributed by atoms with Crippen molar-refractivity contribution in [2.24, 2.45) is 0 Å². The summed E-state index contributed by atoms with van der Waals surface area (Å²) in [6, 6.07) is 8.81. The highest BCUT2D eigenvalue weighted by Crippen LogP contribution is 2.30. The molecule has 0 heterocycles. The summed E-state index contributed by atoms with van der Waals surface area (Å²) in [5, 5.41) is 0. The second-order valence-corrected chi connectivity index (χ2v) is 6.57. The molecule has 0 bridgehead atoms. The van der Waals surface area contributed by atoms with E-state index in [2.05, 4.69) is 18.7 Å². The van der Waals surface area contributed by atoms with Gasteiger partial charge >= 0.3 is 0 Å². The van der Waals surface area contributed by atoms with Crippen molar-refractivity contribution in [3.05, 3.63) is 24.3 Å². The van der Waals surface area contributed by atoms with Gasteiger partial charge in [-0.25, -0.2) is 0 Å². The number of hydrogen-bond acceptors (Lipinski definition) is 3. The third kappa shape index (κ3) is 4.17. The summed E-state index contributed by atoms with van der Waals surface area (Å²) in [5.41, 5.74) is 0. The molecule has 0 spiro atoms. The summed E-state index contributed by atoms with van der Waals surface area (Å²) in [6.07, 6.45) is 2.97. The monoisotopic (exact) mass is 293 g/mol. The standard InChI is InChI=1S/C16H23NO2S/c1-12(2)17(13-4-5-13)16(18)10-11-20-15-8-6-14(19-3)7-9-15/h6-9,12-13H,4-5,10-11H2,1-3H3. The first-order valence-electron chi connectivity index (χ1n) is 7.20. The smallest absolute Gasteiger partial charge is 0.223 e. The average molecular weight is 293 g/mol. The fourth-order valence-corrected chi connectivity index (χ4v) is 3.16. The zero-order chi connectivity index (χ0) is 14.5. The normalized spacial score (nSPS) is 14.4. The molecule has 3 nitrogen and oxygen atoms in total. The van der Waals surface area contributed by atoms with Crippen molar-refractivity contribution < 1.29 is 9.53 Å². The van der Waals surface area contributed by atoms with E-state index in [1.165, 1.54) is 17.7 Å². The van der Waals surface area contributed by atoms with Crippen molar-refractivity contribution in [1.29, 1.82) is 0 Å². The van der Waals surface area contributed by atoms with Gasteiger partial charge in [0.1, 0.15) is 5.75 Å². The average Bonchev–Trinajstić information content (AvgIpc) is 3.24. The highest BCUT2D eigenvalue weighted by molar-refractivity contribution is 7.99. The van der Waals surface area contributed by atoms with Crippen LogP contribution in [0.5, 0.6) is 5.75 Å². The van der Waals surface area contributed by atoms with Gasteiger partial charge in [-0.15, -0.1) is 11.8 Å². The number of carbonyl (C=O) groups is 1. The highest BCUT2D eigenvalue weighted by Gasteiger charge is 2.33. The van der Waals surface area contributed by atoms with Crippen LogP contribution in [0.4, 0.5) is 0 Å². The van der Waals surface area contributed by atoms with Crippen molar-refractivity contribution in [2.75, 3.05) is 12.9 Å². The summed E-state index contributed by atoms with van der Waals surface area (Å²) in [4.78, 5) is 15.5. The molecule has 0 saturated heterocycles. The minimum absolute atomic E-state index is 0.295. The van der Waals surface area contributed by atoms with Gasteiger partial charge in [-0.05, 0) is 51.0 Å². The third-order valence-corrected chi connectivity index (χ3v) is 4.44. The molecule has 0 unspecified atom stereocenters. The van der Waals surface area contributed by atoms with Crippen LogP contribution in [0.2, 0.25) is 0 Å². The third-order valence-electron chi connectivity index (χ3n) is 3.43. The first kappa shape index (κ1) is 15.2. The molecule has 1 aromatic rings. The van der Waals surface area contributed by atoms with Gasteiger partial charge in [0.15, 0.2) is 0 Å². The van der Waals surface area contributed by atoms with Crippen LogP contribution in [0.25, 0.3) is 0 Å². The van der Waals surface area contributed by atoms with Crippen molar-refractivity contribution in [3.63, 3.8) is 0 Å². The van der Waals surface area contributed by atoms with Crippen molar-refractivity contribution in [1.82, 2.24) is 4.90 Å². The molecule has 1 aliphatic rings. The lowest BCUT2D eigenvalue weighted by Gasteiger charge is -2.26. The molecular weight excluding hydrogens is 270 g/mol. The molecule has 1 saturated carbocycles. The van der Waals surface area contributed by atoms with E-state index in [4.69, 9.17) is 4.74 Å². The quantitative estimate of drug-likeness (QED) is 0.720. The summed E-state index contributed by atoms with van der Waals surface area (Å²) < 4.78 is 5.13. The fourth-order valence-electron chi connectivity index (χ4n) is 2.32. The molecule has 4 heteroatoms. The summed E-state index contributed by atoms with van der Waals surface area (Å²) in [6.45, 7) is 4.21. The second-order valence-electron chi connectivity index (χ2n) is 5.40. The Bertz CT molecular complexity index is 438. The van der Waals surface area contributed by atoms with Gasteiger partial charge in [0.05, 0.1) is 7.11 Å². The molecule has 2 rings (SSSR count). The van der Waals surface area contributed by atoms with Crippen molar-refractivity contribution in [2.45, 2.75) is 50.1 Å². The van der Waals surface area contributed by atoms with E-state index in [-0.39, 0.29) is 0 Å². The Morgan fingerprint density at radius 1 is 1.35 bits per heavy atom. The Kier molecular flexibility index (Phi) is 5.35. The van der Waals surface area contributed by atoms with E-state index in [0.29, 0.717) is 24.4 Å². The SMILES string of the molecule is COc1ccc(SCCC(=O)N(C(C)C)C2CC2)cc1. The molecule has 110 valence electrons. The largest absolute Gasteiger partial charge is 0.497 e. The Hall–Kier alpha value is -1.16. The Morgan fingerprint density at radius 3 is 2.50 bits per heavy atom. The first-order valence-corrected chi connectivity index (χ1v) is 8.18. The Balaban J connectivity index is 1.78. The minimum Gasteiger partial charge on any atom is -0.497 e. The topological polar surface area (TPSA) is 29.5 Å². The van der Waals surface area contributed by atoms with E-state index < -0.39 is 0 Å². The molecule has 0 aliphatic heterocycles. The molecule has 0 N–H and O–H groups in total. The molecule has 0 atom stereocenters. The zero-order valence-corrected chi connectivity index (χ0v) is 13.3. The number of methoxy groups -OCH3 is 1. The van der Waals surface area contributed by atoms with Crippen LogP contribution in [0.15, 0.2) is 29.2 Å². The van der Waals surface area contributed by atoms with Crippen LogP contribution >= 0.6 is 11.8 Å². The number of benzene rings is 1. The van der Waals surface area contributed by atoms with Gasteiger partial charge in [-0.3, -0.25) is 4.79 Å². The van der Waals surface area contributed by atoms with Crippen LogP contribution < -0.4 is 4.74 Å². The maximum Gasteiger partial charge on any atom is 0.223 e. The molecule has 1 aromatic carbocycles. The van der Waals surface area contributed by atoms with E-state index in [0.717, 1.165) is 11.5 Å². The van der Waals surface area contributed by atoms with Crippen LogP contribution in [-0.4, -0.2) is 35.8 Å². The van der Waals surface area contributed by atoms with Crippen LogP contribution in [-0.2, 0) is 4.79 Å². The van der Waals surface area contributed by atoms with Gasteiger partial charge < -0.3 is 9.64 Å². The van der Waals surface area contributed by atoms with E-state index in [9.17, 15) is 4.79 Å². The molecule has 1 fully saturated rings. The number of rotatable bonds is 7. The van der Waals surface area contributed by atoms with Gasteiger partial charge in [0.2, 0.25) is 5.91 Å². The lowest BCUT2D eigenvalue weighted by atomic mass is 10.2. The highest BCUT2D eigenvalue weighted by atomic mass is 32.2. The van der Waals surface area contributed by atoms with E-state index in [1.54, 1.807) is 18.9 Å². The number of ether oxygens (including phenoxy) is 1. The molecule has 1 amide bonds. The molecule has 0 aromatic heterocycles. The molecular formula is C16H23NO2S. The predicted molar refractivity (Wildman–Crippen MR) is 83.3 cm³/mol. The van der Waals surface area contributed by atoms with Gasteiger partial charge in [0.25, 0.3) is 0 Å². The molecule has 20 heavy (non-hydrogen) atoms. The van der Waals surface area contributed by atoms with Crippen LogP contribution in [0.1, 0.15) is 33.1 Å². The Morgan fingerprint density at radius 2 is 2.00 bits per heavy atom. The van der Waals surface area contributed by atoms with Gasteiger partial charge in [-0.1, -0.05) is 0 Å². The van der Waals surface area contributed by atoms with Crippen molar-refractivity contribution in [3.8, 4) is 5.75 Å². The lowest BCUT2D eigenvalue weighted by molar-refractivity contribution is -0.133. The minimum atomic E-state index is 0.295. The number of amides is 1. The van der Waals surface area contributed by atoms with Gasteiger partial charge in [-0.2, -0.15) is 0 Å². The number of hydrogen-bond donors (Lipinski definition) is 0. The number of carbonyl (C=O) groups excluding carboxylic acids is 1. The maximum absolute atomic E-state index is 12.2. The lowest BCUT2D eigenvalue weighted by Crippen LogP contribution is -2.38. The Labute approximate surface area is 125 Å². The van der Waals surface area contributed by atoms with E-state index in [1.807, 2.05) is 24.3 Å². The molecule has 1 aliphatic carbocycles. The summed E-state index contributed by atoms with van der Waals surface area (Å²) in [7, 11) is 1.67. The first-order chi connectivity index (χ1) is 9.61. The predicted octanol–water partition coefficient (Wildman–Crippen LogP) is 3.58. The number of thioether (sulfide) groups is 1. The fraction of sp³-hybridized carbons (Fsp3) is 0.562. The summed E-state index contributed by atoms with van der Waals surface area (Å²) in [5.74, 6) is 2.00. The van der Waals surface area contributed by atoms with Crippen molar-refractivity contribution >= 4 is 17.7 Å². The zero-order valence-electron chi connectivity index (χ0n) is 12.5. The molecule has 0 radical (unpaired) electrons. The summed E-state index contributed by atoms with van der Waals surface area (Å²) >= 11 is 1.73. The maximum atomic E-state index is 12.2. The van der Waals surface area contributed by atoms with E-state index >= 15 is 0 Å². The number of nitrogens with zero attached hydrogens (tertiary/aromatic N) is 1. The van der Waals surface area contributed by atoms with Crippen LogP contribution in [0, 0.1) is 0 Å². The van der Waals surface area contributed by atoms with Crippen LogP contribution in [0.3, 0.4) is 0 Å². The second kappa shape index (κ2) is 7.02.